The van der Waals surface area contributed by atoms with Crippen LogP contribution in [0.5, 0.6) is 0 Å². The SMILES string of the molecule is CC1(C)OC[C@@H](CCCBr)O1. The van der Waals surface area contributed by atoms with E-state index in [0.29, 0.717) is 6.10 Å². The van der Waals surface area contributed by atoms with Crippen molar-refractivity contribution in [2.24, 2.45) is 0 Å². The molecule has 0 saturated carbocycles. The molecule has 0 radical (unpaired) electrons. The molecule has 0 amide bonds. The van der Waals surface area contributed by atoms with Crippen molar-refractivity contribution < 1.29 is 9.47 Å². The lowest BCUT2D eigenvalue weighted by atomic mass is 10.2. The predicted octanol–water partition coefficient (Wildman–Crippen LogP) is 2.31. The number of hydrogen-bond acceptors (Lipinski definition) is 2. The molecule has 1 rings (SSSR count). The summed E-state index contributed by atoms with van der Waals surface area (Å²) in [7, 11) is 0. The van der Waals surface area contributed by atoms with Gasteiger partial charge in [0.25, 0.3) is 0 Å². The summed E-state index contributed by atoms with van der Waals surface area (Å²) in [6.45, 7) is 4.67. The van der Waals surface area contributed by atoms with E-state index in [-0.39, 0.29) is 5.79 Å². The molecule has 0 aliphatic carbocycles. The van der Waals surface area contributed by atoms with Crippen LogP contribution in [0.3, 0.4) is 0 Å². The van der Waals surface area contributed by atoms with Crippen LogP contribution >= 0.6 is 15.9 Å². The molecule has 1 aliphatic rings. The molecule has 66 valence electrons. The van der Waals surface area contributed by atoms with E-state index >= 15 is 0 Å². The first-order valence-corrected chi connectivity index (χ1v) is 5.14. The van der Waals surface area contributed by atoms with Crippen LogP contribution in [-0.2, 0) is 9.47 Å². The van der Waals surface area contributed by atoms with Gasteiger partial charge in [-0.3, -0.25) is 0 Å². The van der Waals surface area contributed by atoms with Gasteiger partial charge in [-0.25, -0.2) is 0 Å². The van der Waals surface area contributed by atoms with Gasteiger partial charge in [-0.2, -0.15) is 0 Å². The summed E-state index contributed by atoms with van der Waals surface area (Å²) in [5.41, 5.74) is 0. The third-order valence-electron chi connectivity index (χ3n) is 1.73. The fourth-order valence-corrected chi connectivity index (χ4v) is 1.53. The zero-order valence-electron chi connectivity index (χ0n) is 7.10. The lowest BCUT2D eigenvalue weighted by Crippen LogP contribution is -2.21. The fourth-order valence-electron chi connectivity index (χ4n) is 1.21. The van der Waals surface area contributed by atoms with Gasteiger partial charge in [0.15, 0.2) is 5.79 Å². The molecule has 1 heterocycles. The summed E-state index contributed by atoms with van der Waals surface area (Å²) < 4.78 is 11.0. The van der Waals surface area contributed by atoms with Crippen LogP contribution in [-0.4, -0.2) is 23.8 Å². The van der Waals surface area contributed by atoms with E-state index in [0.717, 1.165) is 24.8 Å². The molecule has 0 aromatic rings. The van der Waals surface area contributed by atoms with E-state index in [1.54, 1.807) is 0 Å². The van der Waals surface area contributed by atoms with Crippen molar-refractivity contribution in [3.63, 3.8) is 0 Å². The number of alkyl halides is 1. The van der Waals surface area contributed by atoms with Crippen LogP contribution in [0.15, 0.2) is 0 Å². The molecule has 1 fully saturated rings. The zero-order valence-corrected chi connectivity index (χ0v) is 8.69. The highest BCUT2D eigenvalue weighted by atomic mass is 79.9. The summed E-state index contributed by atoms with van der Waals surface area (Å²) in [5.74, 6) is -0.350. The van der Waals surface area contributed by atoms with Crippen molar-refractivity contribution in [3.05, 3.63) is 0 Å². The summed E-state index contributed by atoms with van der Waals surface area (Å²) in [4.78, 5) is 0. The van der Waals surface area contributed by atoms with Gasteiger partial charge >= 0.3 is 0 Å². The highest BCUT2D eigenvalue weighted by Gasteiger charge is 2.31. The summed E-state index contributed by atoms with van der Waals surface area (Å²) in [6, 6.07) is 0. The first kappa shape index (κ1) is 9.49. The van der Waals surface area contributed by atoms with Crippen molar-refractivity contribution >= 4 is 15.9 Å². The van der Waals surface area contributed by atoms with Gasteiger partial charge < -0.3 is 9.47 Å². The minimum atomic E-state index is -0.350. The second-order valence-electron chi connectivity index (χ2n) is 3.28. The van der Waals surface area contributed by atoms with Crippen LogP contribution < -0.4 is 0 Å². The third kappa shape index (κ3) is 3.09. The van der Waals surface area contributed by atoms with Crippen molar-refractivity contribution in [2.75, 3.05) is 11.9 Å². The number of rotatable bonds is 3. The Morgan fingerprint density at radius 3 is 2.73 bits per heavy atom. The lowest BCUT2D eigenvalue weighted by molar-refractivity contribution is -0.138. The minimum absolute atomic E-state index is 0.308. The molecule has 11 heavy (non-hydrogen) atoms. The Kier molecular flexibility index (Phi) is 3.34. The molecule has 0 bridgehead atoms. The first-order chi connectivity index (χ1) is 5.14. The van der Waals surface area contributed by atoms with E-state index in [4.69, 9.17) is 9.47 Å². The molecular weight excluding hydrogens is 208 g/mol. The van der Waals surface area contributed by atoms with Gasteiger partial charge in [0.2, 0.25) is 0 Å². The smallest absolute Gasteiger partial charge is 0.163 e. The molecule has 0 aromatic carbocycles. The number of ether oxygens (including phenoxy) is 2. The minimum Gasteiger partial charge on any atom is -0.348 e. The van der Waals surface area contributed by atoms with E-state index in [9.17, 15) is 0 Å². The summed E-state index contributed by atoms with van der Waals surface area (Å²) >= 11 is 3.39. The fraction of sp³-hybridized carbons (Fsp3) is 1.00. The van der Waals surface area contributed by atoms with Crippen LogP contribution in [0.4, 0.5) is 0 Å². The maximum atomic E-state index is 5.61. The highest BCUT2D eigenvalue weighted by Crippen LogP contribution is 2.24. The van der Waals surface area contributed by atoms with Crippen LogP contribution in [0.2, 0.25) is 0 Å². The van der Waals surface area contributed by atoms with Crippen molar-refractivity contribution in [3.8, 4) is 0 Å². The number of hydrogen-bond donors (Lipinski definition) is 0. The van der Waals surface area contributed by atoms with Crippen molar-refractivity contribution in [1.29, 1.82) is 0 Å². The topological polar surface area (TPSA) is 18.5 Å². The Hall–Kier alpha value is 0.400. The van der Waals surface area contributed by atoms with Crippen LogP contribution in [0.25, 0.3) is 0 Å². The maximum absolute atomic E-state index is 5.61. The average Bonchev–Trinajstić information content (AvgIpc) is 2.26. The zero-order chi connectivity index (χ0) is 8.32. The van der Waals surface area contributed by atoms with Crippen LogP contribution in [0.1, 0.15) is 26.7 Å². The standard InChI is InChI=1S/C8H15BrO2/c1-8(2)10-6-7(11-8)4-3-5-9/h7H,3-6H2,1-2H3/t7-/m1/s1. The van der Waals surface area contributed by atoms with Crippen molar-refractivity contribution in [1.82, 2.24) is 0 Å². The predicted molar refractivity (Wildman–Crippen MR) is 47.9 cm³/mol. The molecule has 1 atom stereocenters. The molecule has 0 unspecified atom stereocenters. The quantitative estimate of drug-likeness (QED) is 0.683. The second-order valence-corrected chi connectivity index (χ2v) is 4.07. The summed E-state index contributed by atoms with van der Waals surface area (Å²) in [5, 5.41) is 1.05. The molecule has 1 aliphatic heterocycles. The first-order valence-electron chi connectivity index (χ1n) is 4.02. The highest BCUT2D eigenvalue weighted by molar-refractivity contribution is 9.09. The largest absolute Gasteiger partial charge is 0.348 e. The Bertz CT molecular complexity index is 125. The second kappa shape index (κ2) is 3.87. The van der Waals surface area contributed by atoms with E-state index in [1.165, 1.54) is 0 Å². The van der Waals surface area contributed by atoms with Gasteiger partial charge in [0.05, 0.1) is 12.7 Å². The maximum Gasteiger partial charge on any atom is 0.163 e. The molecule has 0 aromatic heterocycles. The van der Waals surface area contributed by atoms with E-state index in [1.807, 2.05) is 13.8 Å². The molecule has 3 heteroatoms. The average molecular weight is 223 g/mol. The Balaban J connectivity index is 2.20. The van der Waals surface area contributed by atoms with Gasteiger partial charge in [-0.05, 0) is 26.7 Å². The molecule has 0 spiro atoms. The van der Waals surface area contributed by atoms with E-state index in [2.05, 4.69) is 15.9 Å². The molecular formula is C8H15BrO2. The molecule has 0 N–H and O–H groups in total. The lowest BCUT2D eigenvalue weighted by Gasteiger charge is -2.16. The van der Waals surface area contributed by atoms with Gasteiger partial charge in [-0.15, -0.1) is 0 Å². The van der Waals surface area contributed by atoms with Crippen molar-refractivity contribution in [2.45, 2.75) is 38.6 Å². The van der Waals surface area contributed by atoms with Crippen LogP contribution in [0, 0.1) is 0 Å². The Morgan fingerprint density at radius 1 is 1.55 bits per heavy atom. The third-order valence-corrected chi connectivity index (χ3v) is 2.29. The van der Waals surface area contributed by atoms with Gasteiger partial charge in [-0.1, -0.05) is 15.9 Å². The number of halogens is 1. The molecule has 2 nitrogen and oxygen atoms in total. The van der Waals surface area contributed by atoms with Gasteiger partial charge in [0.1, 0.15) is 0 Å². The molecule has 1 saturated heterocycles. The van der Waals surface area contributed by atoms with E-state index < -0.39 is 0 Å². The Labute approximate surface area is 76.4 Å². The Morgan fingerprint density at radius 2 is 2.27 bits per heavy atom. The monoisotopic (exact) mass is 222 g/mol. The van der Waals surface area contributed by atoms with Gasteiger partial charge in [0, 0.05) is 5.33 Å². The summed E-state index contributed by atoms with van der Waals surface area (Å²) in [6.07, 6.45) is 2.56. The normalized spacial score (nSPS) is 29.2.